The summed E-state index contributed by atoms with van der Waals surface area (Å²) >= 11 is 0. The largest absolute Gasteiger partial charge is 0.457 e. The van der Waals surface area contributed by atoms with Gasteiger partial charge >= 0.3 is 5.97 Å². The summed E-state index contributed by atoms with van der Waals surface area (Å²) in [4.78, 5) is 25.0. The normalized spacial score (nSPS) is 15.8. The molecule has 3 aromatic rings. The highest BCUT2D eigenvalue weighted by atomic mass is 32.2. The first-order valence-electron chi connectivity index (χ1n) is 11.2. The van der Waals surface area contributed by atoms with E-state index in [1.165, 1.54) is 24.5 Å². The Bertz CT molecular complexity index is 1360. The van der Waals surface area contributed by atoms with Crippen LogP contribution in [-0.4, -0.2) is 32.7 Å². The second kappa shape index (κ2) is 9.10. The lowest BCUT2D eigenvalue weighted by Crippen LogP contribution is -2.34. The summed E-state index contributed by atoms with van der Waals surface area (Å²) in [6, 6.07) is 14.3. The van der Waals surface area contributed by atoms with Gasteiger partial charge in [-0.25, -0.2) is 13.2 Å². The molecule has 2 heterocycles. The Morgan fingerprint density at radius 2 is 1.71 bits per heavy atom. The van der Waals surface area contributed by atoms with Crippen molar-refractivity contribution in [1.29, 1.82) is 0 Å². The predicted molar refractivity (Wildman–Crippen MR) is 124 cm³/mol. The zero-order valence-corrected chi connectivity index (χ0v) is 19.5. The molecule has 5 rings (SSSR count). The van der Waals surface area contributed by atoms with Crippen molar-refractivity contribution in [2.24, 2.45) is 0 Å². The number of carbonyl (C=O) groups is 2. The highest BCUT2D eigenvalue weighted by Gasteiger charge is 2.44. The van der Waals surface area contributed by atoms with Crippen LogP contribution in [0.1, 0.15) is 41.8 Å². The lowest BCUT2D eigenvalue weighted by Gasteiger charge is -2.21. The summed E-state index contributed by atoms with van der Waals surface area (Å²) in [7, 11) is -3.69. The van der Waals surface area contributed by atoms with Crippen LogP contribution in [0.2, 0.25) is 0 Å². The van der Waals surface area contributed by atoms with Crippen LogP contribution in [0.15, 0.2) is 70.2 Å². The summed E-state index contributed by atoms with van der Waals surface area (Å²) in [5.74, 6) is -1.62. The molecule has 1 aromatic heterocycles. The second-order valence-electron chi connectivity index (χ2n) is 8.45. The van der Waals surface area contributed by atoms with Gasteiger partial charge in [0.25, 0.3) is 11.7 Å². The minimum absolute atomic E-state index is 0.127. The summed E-state index contributed by atoms with van der Waals surface area (Å²) < 4.78 is 47.4. The number of anilines is 1. The van der Waals surface area contributed by atoms with Crippen LogP contribution in [-0.2, 0) is 25.1 Å². The maximum atomic E-state index is 12.6. The van der Waals surface area contributed by atoms with Crippen LogP contribution in [0.4, 0.5) is 5.69 Å². The fourth-order valence-corrected chi connectivity index (χ4v) is 5.60. The zero-order chi connectivity index (χ0) is 24.5. The monoisotopic (exact) mass is 497 g/mol. The van der Waals surface area contributed by atoms with Gasteiger partial charge in [-0.05, 0) is 43.2 Å². The van der Waals surface area contributed by atoms with Crippen molar-refractivity contribution >= 4 is 27.4 Å². The second-order valence-corrected chi connectivity index (χ2v) is 10.4. The topological polar surface area (TPSA) is 121 Å². The first-order chi connectivity index (χ1) is 16.8. The molecule has 0 bridgehead atoms. The third-order valence-electron chi connectivity index (χ3n) is 5.90. The molecular formula is C25H23NO8S. The molecule has 2 aromatic carbocycles. The Morgan fingerprint density at radius 1 is 0.971 bits per heavy atom. The number of sulfone groups is 1. The van der Waals surface area contributed by atoms with Crippen LogP contribution >= 0.6 is 0 Å². The fraction of sp³-hybridized carbons (Fsp3) is 0.280. The number of fused-ring (bicyclic) bond motifs is 1. The quantitative estimate of drug-likeness (QED) is 0.485. The van der Waals surface area contributed by atoms with E-state index in [0.29, 0.717) is 17.2 Å². The van der Waals surface area contributed by atoms with E-state index in [2.05, 4.69) is 5.32 Å². The minimum atomic E-state index is -3.69. The molecule has 1 saturated carbocycles. The number of nitrogens with one attached hydrogen (secondary N) is 1. The number of esters is 1. The predicted octanol–water partition coefficient (Wildman–Crippen LogP) is 4.09. The van der Waals surface area contributed by atoms with Crippen molar-refractivity contribution in [3.8, 4) is 11.5 Å². The van der Waals surface area contributed by atoms with E-state index in [0.717, 1.165) is 25.7 Å². The van der Waals surface area contributed by atoms with Crippen molar-refractivity contribution in [2.75, 3.05) is 11.9 Å². The van der Waals surface area contributed by atoms with Gasteiger partial charge in [0.1, 0.15) is 0 Å². The number of ether oxygens (including phenoxy) is 3. The number of benzene rings is 2. The lowest BCUT2D eigenvalue weighted by molar-refractivity contribution is -0.119. The van der Waals surface area contributed by atoms with Gasteiger partial charge in [-0.15, -0.1) is 0 Å². The molecule has 1 amide bonds. The van der Waals surface area contributed by atoms with Crippen molar-refractivity contribution in [1.82, 2.24) is 0 Å². The number of amides is 1. The highest BCUT2D eigenvalue weighted by molar-refractivity contribution is 7.90. The van der Waals surface area contributed by atoms with Crippen LogP contribution in [0, 0.1) is 0 Å². The van der Waals surface area contributed by atoms with Crippen LogP contribution in [0.3, 0.4) is 0 Å². The molecule has 1 spiro atoms. The first kappa shape index (κ1) is 23.0. The molecule has 1 aliphatic heterocycles. The smallest absolute Gasteiger partial charge is 0.375 e. The lowest BCUT2D eigenvalue weighted by atomic mass is 10.2. The molecule has 1 aliphatic carbocycles. The van der Waals surface area contributed by atoms with Gasteiger partial charge in [-0.3, -0.25) is 4.79 Å². The van der Waals surface area contributed by atoms with Gasteiger partial charge in [0, 0.05) is 30.2 Å². The Balaban J connectivity index is 1.18. The Labute approximate surface area is 201 Å². The van der Waals surface area contributed by atoms with E-state index in [-0.39, 0.29) is 16.2 Å². The number of carbonyl (C=O) groups excluding carboxylic acids is 2. The van der Waals surface area contributed by atoms with Gasteiger partial charge in [0.15, 0.2) is 27.9 Å². The van der Waals surface area contributed by atoms with Gasteiger partial charge in [0.05, 0.1) is 16.9 Å². The Hall–Kier alpha value is -3.79. The Morgan fingerprint density at radius 3 is 2.49 bits per heavy atom. The van der Waals surface area contributed by atoms with E-state index in [1.54, 1.807) is 36.4 Å². The molecule has 35 heavy (non-hydrogen) atoms. The fourth-order valence-electron chi connectivity index (χ4n) is 4.23. The average Bonchev–Trinajstić information content (AvgIpc) is 3.58. The number of furan rings is 1. The van der Waals surface area contributed by atoms with Gasteiger partial charge in [-0.1, -0.05) is 18.2 Å². The van der Waals surface area contributed by atoms with Crippen molar-refractivity contribution in [3.05, 3.63) is 72.2 Å². The molecule has 0 saturated heterocycles. The van der Waals surface area contributed by atoms with E-state index in [9.17, 15) is 18.0 Å². The van der Waals surface area contributed by atoms with Crippen LogP contribution < -0.4 is 14.8 Å². The Kier molecular flexibility index (Phi) is 5.98. The standard InChI is InChI=1S/C25H23NO8S/c27-22(26-18-8-9-20-21(14-18)34-25(33-20)11-4-5-12-25)15-32-24(28)23-17(10-13-31-23)16-35(29,30)19-6-2-1-3-7-19/h1-3,6-10,13-14H,4-5,11-12,15-16H2,(H,26,27). The van der Waals surface area contributed by atoms with Crippen molar-refractivity contribution in [3.63, 3.8) is 0 Å². The molecule has 2 aliphatic rings. The summed E-state index contributed by atoms with van der Waals surface area (Å²) in [5.41, 5.74) is 0.618. The van der Waals surface area contributed by atoms with Crippen molar-refractivity contribution < 1.29 is 36.6 Å². The average molecular weight is 498 g/mol. The van der Waals surface area contributed by atoms with Crippen LogP contribution in [0.5, 0.6) is 11.5 Å². The maximum absolute atomic E-state index is 12.6. The first-order valence-corrected chi connectivity index (χ1v) is 12.8. The maximum Gasteiger partial charge on any atom is 0.375 e. The van der Waals surface area contributed by atoms with Gasteiger partial charge < -0.3 is 23.9 Å². The molecule has 9 nitrogen and oxygen atoms in total. The minimum Gasteiger partial charge on any atom is -0.457 e. The molecule has 1 fully saturated rings. The third-order valence-corrected chi connectivity index (χ3v) is 7.58. The van der Waals surface area contributed by atoms with Gasteiger partial charge in [-0.2, -0.15) is 0 Å². The zero-order valence-electron chi connectivity index (χ0n) is 18.7. The molecule has 0 unspecified atom stereocenters. The molecule has 182 valence electrons. The molecule has 0 atom stereocenters. The molecule has 1 N–H and O–H groups in total. The van der Waals surface area contributed by atoms with Crippen LogP contribution in [0.25, 0.3) is 0 Å². The third kappa shape index (κ3) is 4.88. The summed E-state index contributed by atoms with van der Waals surface area (Å²) in [6.07, 6.45) is 4.93. The summed E-state index contributed by atoms with van der Waals surface area (Å²) in [5, 5.41) is 2.65. The van der Waals surface area contributed by atoms with Gasteiger partial charge in [0.2, 0.25) is 5.76 Å². The van der Waals surface area contributed by atoms with Crippen molar-refractivity contribution in [2.45, 2.75) is 42.1 Å². The van der Waals surface area contributed by atoms with E-state index in [4.69, 9.17) is 18.6 Å². The van der Waals surface area contributed by atoms with E-state index < -0.39 is 39.9 Å². The number of hydrogen-bond acceptors (Lipinski definition) is 8. The highest BCUT2D eigenvalue weighted by Crippen LogP contribution is 2.47. The number of rotatable bonds is 7. The molecule has 10 heteroatoms. The molecule has 0 radical (unpaired) electrons. The number of hydrogen-bond donors (Lipinski definition) is 1. The SMILES string of the molecule is O=C(COC(=O)c1occc1CS(=O)(=O)c1ccccc1)Nc1ccc2c(c1)OC1(CCCC1)O2. The molecular weight excluding hydrogens is 474 g/mol. The van der Waals surface area contributed by atoms with E-state index in [1.807, 2.05) is 0 Å². The van der Waals surface area contributed by atoms with E-state index >= 15 is 0 Å². The summed E-state index contributed by atoms with van der Waals surface area (Å²) in [6.45, 7) is -0.581.